The molecule has 0 atom stereocenters. The van der Waals surface area contributed by atoms with Gasteiger partial charge in [0.2, 0.25) is 0 Å². The molecular weight excluding hydrogens is 414 g/mol. The second-order valence-electron chi connectivity index (χ2n) is 8.04. The Hall–Kier alpha value is -2.71. The maximum atomic E-state index is 13.6. The van der Waals surface area contributed by atoms with Crippen LogP contribution in [0.15, 0.2) is 23.0 Å². The zero-order valence-corrected chi connectivity index (χ0v) is 19.2. The number of carbonyl (C=O) groups is 1. The van der Waals surface area contributed by atoms with Gasteiger partial charge in [-0.05, 0) is 57.5 Å². The third-order valence-corrected chi connectivity index (χ3v) is 6.81. The highest BCUT2D eigenvalue weighted by molar-refractivity contribution is 7.18. The fraction of sp³-hybridized carbons (Fsp3) is 0.435. The van der Waals surface area contributed by atoms with Gasteiger partial charge in [-0.1, -0.05) is 0 Å². The first-order valence-electron chi connectivity index (χ1n) is 10.4. The lowest BCUT2D eigenvalue weighted by Gasteiger charge is -2.17. The van der Waals surface area contributed by atoms with E-state index < -0.39 is 0 Å². The van der Waals surface area contributed by atoms with Crippen molar-refractivity contribution in [3.05, 3.63) is 50.4 Å². The van der Waals surface area contributed by atoms with Crippen LogP contribution in [0.4, 0.5) is 0 Å². The van der Waals surface area contributed by atoms with Gasteiger partial charge in [0.25, 0.3) is 5.56 Å². The summed E-state index contributed by atoms with van der Waals surface area (Å²) in [6, 6.07) is 5.07. The zero-order valence-electron chi connectivity index (χ0n) is 18.4. The number of aromatic nitrogens is 2. The van der Waals surface area contributed by atoms with Crippen molar-refractivity contribution in [2.24, 2.45) is 0 Å². The summed E-state index contributed by atoms with van der Waals surface area (Å²) in [5.74, 6) is 1.43. The largest absolute Gasteiger partial charge is 0.497 e. The Bertz CT molecular complexity index is 1200. The van der Waals surface area contributed by atoms with Gasteiger partial charge in [-0.2, -0.15) is 0 Å². The van der Waals surface area contributed by atoms with Gasteiger partial charge in [0.1, 0.15) is 22.2 Å². The Labute approximate surface area is 185 Å². The molecule has 0 fully saturated rings. The first-order valence-corrected chi connectivity index (χ1v) is 11.2. The third-order valence-electron chi connectivity index (χ3n) is 5.62. The maximum Gasteiger partial charge on any atom is 0.263 e. The quantitative estimate of drug-likeness (QED) is 0.524. The van der Waals surface area contributed by atoms with Crippen LogP contribution in [0.1, 0.15) is 39.5 Å². The summed E-state index contributed by atoms with van der Waals surface area (Å²) in [5, 5.41) is 0.691. The van der Waals surface area contributed by atoms with Crippen LogP contribution >= 0.6 is 11.3 Å². The lowest BCUT2D eigenvalue weighted by atomic mass is 9.97. The molecule has 1 aliphatic carbocycles. The van der Waals surface area contributed by atoms with Gasteiger partial charge in [-0.15, -0.1) is 11.3 Å². The molecule has 4 rings (SSSR count). The number of fused-ring (bicyclic) bond motifs is 3. The van der Waals surface area contributed by atoms with E-state index in [0.29, 0.717) is 34.8 Å². The number of nitrogens with zero attached hydrogens (tertiary/aromatic N) is 3. The highest BCUT2D eigenvalue weighted by Gasteiger charge is 2.24. The Morgan fingerprint density at radius 3 is 2.68 bits per heavy atom. The van der Waals surface area contributed by atoms with E-state index in [-0.39, 0.29) is 17.9 Å². The van der Waals surface area contributed by atoms with E-state index in [0.717, 1.165) is 36.1 Å². The smallest absolute Gasteiger partial charge is 0.263 e. The zero-order chi connectivity index (χ0) is 22.1. The Kier molecular flexibility index (Phi) is 6.11. The van der Waals surface area contributed by atoms with Gasteiger partial charge in [0.15, 0.2) is 5.78 Å². The molecule has 1 aliphatic rings. The highest BCUT2D eigenvalue weighted by Crippen LogP contribution is 2.34. The molecule has 1 aromatic carbocycles. The molecule has 0 saturated carbocycles. The molecule has 7 nitrogen and oxygen atoms in total. The molecule has 0 N–H and O–H groups in total. The van der Waals surface area contributed by atoms with Crippen LogP contribution in [0.25, 0.3) is 10.2 Å². The van der Waals surface area contributed by atoms with Crippen LogP contribution in [0.2, 0.25) is 0 Å². The molecule has 164 valence electrons. The molecule has 0 saturated heterocycles. The molecule has 8 heteroatoms. The number of rotatable bonds is 7. The van der Waals surface area contributed by atoms with E-state index in [2.05, 4.69) is 0 Å². The fourth-order valence-electron chi connectivity index (χ4n) is 4.10. The molecule has 0 bridgehead atoms. The summed E-state index contributed by atoms with van der Waals surface area (Å²) < 4.78 is 12.2. The van der Waals surface area contributed by atoms with Crippen molar-refractivity contribution in [3.8, 4) is 11.5 Å². The first kappa shape index (κ1) is 21.5. The lowest BCUT2D eigenvalue weighted by Crippen LogP contribution is -2.31. The van der Waals surface area contributed by atoms with Crippen molar-refractivity contribution < 1.29 is 14.3 Å². The summed E-state index contributed by atoms with van der Waals surface area (Å²) >= 11 is 1.63. The van der Waals surface area contributed by atoms with Crippen molar-refractivity contribution in [2.75, 3.05) is 28.3 Å². The Balaban J connectivity index is 1.81. The van der Waals surface area contributed by atoms with Crippen LogP contribution < -0.4 is 15.0 Å². The van der Waals surface area contributed by atoms with E-state index >= 15 is 0 Å². The normalized spacial score (nSPS) is 13.5. The predicted octanol–water partition coefficient (Wildman–Crippen LogP) is 3.30. The van der Waals surface area contributed by atoms with E-state index in [1.807, 2.05) is 19.0 Å². The minimum Gasteiger partial charge on any atom is -0.497 e. The molecular formula is C23H27N3O4S. The van der Waals surface area contributed by atoms with E-state index in [9.17, 15) is 9.59 Å². The summed E-state index contributed by atoms with van der Waals surface area (Å²) in [7, 11) is 6.93. The predicted molar refractivity (Wildman–Crippen MR) is 122 cm³/mol. The van der Waals surface area contributed by atoms with Crippen molar-refractivity contribution in [2.45, 2.75) is 38.8 Å². The van der Waals surface area contributed by atoms with Gasteiger partial charge in [-0.25, -0.2) is 4.98 Å². The minimum absolute atomic E-state index is 0.0851. The SMILES string of the molecule is COc1ccc(C(=O)Cn2c(CN(C)C)nc3sc4c(c3c2=O)CCCC4)c(OC)c1. The summed E-state index contributed by atoms with van der Waals surface area (Å²) in [6.45, 7) is 0.388. The monoisotopic (exact) mass is 441 g/mol. The number of carbonyl (C=O) groups excluding carboxylic acids is 1. The van der Waals surface area contributed by atoms with E-state index in [1.165, 1.54) is 16.6 Å². The number of thiophene rings is 1. The second-order valence-corrected chi connectivity index (χ2v) is 9.12. The van der Waals surface area contributed by atoms with Crippen molar-refractivity contribution in [1.82, 2.24) is 14.5 Å². The van der Waals surface area contributed by atoms with Crippen molar-refractivity contribution in [3.63, 3.8) is 0 Å². The van der Waals surface area contributed by atoms with Gasteiger partial charge in [0, 0.05) is 10.9 Å². The molecule has 0 unspecified atom stereocenters. The van der Waals surface area contributed by atoms with Crippen LogP contribution in [-0.4, -0.2) is 48.5 Å². The molecule has 2 heterocycles. The molecule has 31 heavy (non-hydrogen) atoms. The number of aryl methyl sites for hydroxylation is 2. The molecule has 0 amide bonds. The van der Waals surface area contributed by atoms with Crippen molar-refractivity contribution in [1.29, 1.82) is 0 Å². The molecule has 0 spiro atoms. The standard InChI is InChI=1S/C23H27N3O4S/c1-25(2)13-20-24-22-21(16-7-5-6-8-19(16)31-22)23(28)26(20)12-17(27)15-10-9-14(29-3)11-18(15)30-4/h9-11H,5-8,12-13H2,1-4H3. The highest BCUT2D eigenvalue weighted by atomic mass is 32.1. The number of methoxy groups -OCH3 is 2. The fourth-order valence-corrected chi connectivity index (χ4v) is 5.38. The molecule has 0 aliphatic heterocycles. The topological polar surface area (TPSA) is 73.7 Å². The number of benzene rings is 1. The summed E-state index contributed by atoms with van der Waals surface area (Å²) in [5.41, 5.74) is 1.42. The first-order chi connectivity index (χ1) is 14.9. The average molecular weight is 442 g/mol. The Morgan fingerprint density at radius 2 is 1.97 bits per heavy atom. The third kappa shape index (κ3) is 4.09. The number of hydrogen-bond acceptors (Lipinski definition) is 7. The van der Waals surface area contributed by atoms with E-state index in [1.54, 1.807) is 36.6 Å². The van der Waals surface area contributed by atoms with Gasteiger partial charge >= 0.3 is 0 Å². The van der Waals surface area contributed by atoms with Crippen LogP contribution in [0.5, 0.6) is 11.5 Å². The van der Waals surface area contributed by atoms with Gasteiger partial charge in [-0.3, -0.25) is 14.2 Å². The summed E-state index contributed by atoms with van der Waals surface area (Å²) in [6.07, 6.45) is 4.13. The van der Waals surface area contributed by atoms with Crippen LogP contribution in [-0.2, 0) is 25.9 Å². The number of ether oxygens (including phenoxy) is 2. The van der Waals surface area contributed by atoms with E-state index in [4.69, 9.17) is 14.5 Å². The maximum absolute atomic E-state index is 13.6. The van der Waals surface area contributed by atoms with Gasteiger partial charge < -0.3 is 14.4 Å². The average Bonchev–Trinajstić information content (AvgIpc) is 3.13. The number of ketones is 1. The number of hydrogen-bond donors (Lipinski definition) is 0. The van der Waals surface area contributed by atoms with Crippen LogP contribution in [0, 0.1) is 0 Å². The number of Topliss-reactive ketones (excluding diaryl/α,β-unsaturated/α-hetero) is 1. The molecule has 2 aromatic heterocycles. The molecule has 0 radical (unpaired) electrons. The second kappa shape index (κ2) is 8.80. The van der Waals surface area contributed by atoms with Gasteiger partial charge in [0.05, 0.1) is 38.3 Å². The minimum atomic E-state index is -0.202. The summed E-state index contributed by atoms with van der Waals surface area (Å²) in [4.78, 5) is 35.7. The lowest BCUT2D eigenvalue weighted by molar-refractivity contribution is 0.0965. The Morgan fingerprint density at radius 1 is 1.19 bits per heavy atom. The van der Waals surface area contributed by atoms with Crippen molar-refractivity contribution >= 4 is 27.3 Å². The van der Waals surface area contributed by atoms with Crippen LogP contribution in [0.3, 0.4) is 0 Å². The molecule has 3 aromatic rings.